The SMILES string of the molecule is CC1CC(C)CN(C(=O)COC(=O)Cn2cnc3scc(-c4cccs4)c3c2=O)C1. The first kappa shape index (κ1) is 20.7. The summed E-state index contributed by atoms with van der Waals surface area (Å²) >= 11 is 2.95. The summed E-state index contributed by atoms with van der Waals surface area (Å²) in [6, 6.07) is 3.88. The average Bonchev–Trinajstić information content (AvgIpc) is 3.37. The first-order chi connectivity index (χ1) is 14.4. The van der Waals surface area contributed by atoms with Gasteiger partial charge in [0.2, 0.25) is 0 Å². The minimum absolute atomic E-state index is 0.194. The quantitative estimate of drug-likeness (QED) is 0.563. The van der Waals surface area contributed by atoms with Crippen molar-refractivity contribution in [1.29, 1.82) is 0 Å². The van der Waals surface area contributed by atoms with E-state index >= 15 is 0 Å². The molecule has 0 aromatic carbocycles. The number of thiophene rings is 2. The van der Waals surface area contributed by atoms with Crippen LogP contribution >= 0.6 is 22.7 Å². The van der Waals surface area contributed by atoms with E-state index in [1.54, 1.807) is 16.2 Å². The van der Waals surface area contributed by atoms with Crippen LogP contribution in [-0.4, -0.2) is 46.0 Å². The van der Waals surface area contributed by atoms with E-state index < -0.39 is 5.97 Å². The van der Waals surface area contributed by atoms with Gasteiger partial charge < -0.3 is 9.64 Å². The third-order valence-corrected chi connectivity index (χ3v) is 7.01. The molecular weight excluding hydrogens is 422 g/mol. The molecule has 1 aliphatic heterocycles. The van der Waals surface area contributed by atoms with E-state index in [1.165, 1.54) is 22.2 Å². The van der Waals surface area contributed by atoms with Gasteiger partial charge in [0.1, 0.15) is 11.4 Å². The molecule has 7 nitrogen and oxygen atoms in total. The van der Waals surface area contributed by atoms with Gasteiger partial charge in [0.25, 0.3) is 11.5 Å². The lowest BCUT2D eigenvalue weighted by molar-refractivity contribution is -0.153. The maximum absolute atomic E-state index is 13.0. The van der Waals surface area contributed by atoms with Crippen molar-refractivity contribution in [2.75, 3.05) is 19.7 Å². The highest BCUT2D eigenvalue weighted by Gasteiger charge is 2.26. The molecular formula is C21H23N3O4S2. The molecule has 9 heteroatoms. The van der Waals surface area contributed by atoms with Crippen molar-refractivity contribution in [1.82, 2.24) is 14.5 Å². The first-order valence-corrected chi connectivity index (χ1v) is 11.6. The predicted molar refractivity (Wildman–Crippen MR) is 118 cm³/mol. The summed E-state index contributed by atoms with van der Waals surface area (Å²) in [5, 5.41) is 4.36. The average molecular weight is 446 g/mol. The fourth-order valence-electron chi connectivity index (χ4n) is 3.98. The summed E-state index contributed by atoms with van der Waals surface area (Å²) in [6.45, 7) is 5.02. The van der Waals surface area contributed by atoms with Crippen LogP contribution in [0.2, 0.25) is 0 Å². The van der Waals surface area contributed by atoms with Crippen LogP contribution in [-0.2, 0) is 20.9 Å². The third-order valence-electron chi connectivity index (χ3n) is 5.22. The van der Waals surface area contributed by atoms with E-state index in [9.17, 15) is 14.4 Å². The smallest absolute Gasteiger partial charge is 0.326 e. The molecule has 4 rings (SSSR count). The van der Waals surface area contributed by atoms with E-state index in [4.69, 9.17) is 4.74 Å². The zero-order chi connectivity index (χ0) is 21.3. The number of piperidine rings is 1. The van der Waals surface area contributed by atoms with Gasteiger partial charge in [0, 0.05) is 28.9 Å². The zero-order valence-electron chi connectivity index (χ0n) is 16.9. The van der Waals surface area contributed by atoms with Gasteiger partial charge in [-0.3, -0.25) is 19.0 Å². The Bertz CT molecular complexity index is 1110. The number of fused-ring (bicyclic) bond motifs is 1. The van der Waals surface area contributed by atoms with Crippen LogP contribution in [0.5, 0.6) is 0 Å². The van der Waals surface area contributed by atoms with Crippen molar-refractivity contribution >= 4 is 44.8 Å². The highest BCUT2D eigenvalue weighted by atomic mass is 32.1. The number of amides is 1. The van der Waals surface area contributed by atoms with Gasteiger partial charge >= 0.3 is 5.97 Å². The Labute approximate surface area is 181 Å². The van der Waals surface area contributed by atoms with Gasteiger partial charge in [-0.25, -0.2) is 4.98 Å². The van der Waals surface area contributed by atoms with E-state index in [0.717, 1.165) is 16.9 Å². The number of carbonyl (C=O) groups is 2. The number of rotatable bonds is 5. The predicted octanol–water partition coefficient (Wildman–Crippen LogP) is 3.23. The maximum atomic E-state index is 13.0. The number of aromatic nitrogens is 2. The normalized spacial score (nSPS) is 19.2. The molecule has 158 valence electrons. The number of hydrogen-bond donors (Lipinski definition) is 0. The zero-order valence-corrected chi connectivity index (χ0v) is 18.5. The molecule has 1 amide bonds. The second-order valence-corrected chi connectivity index (χ2v) is 9.70. The van der Waals surface area contributed by atoms with Crippen LogP contribution in [0.15, 0.2) is 34.0 Å². The van der Waals surface area contributed by atoms with Gasteiger partial charge in [-0.2, -0.15) is 0 Å². The Kier molecular flexibility index (Phi) is 6.01. The summed E-state index contributed by atoms with van der Waals surface area (Å²) in [7, 11) is 0. The molecule has 0 spiro atoms. The van der Waals surface area contributed by atoms with Crippen molar-refractivity contribution < 1.29 is 14.3 Å². The minimum Gasteiger partial charge on any atom is -0.454 e. The molecule has 1 aliphatic rings. The molecule has 2 atom stereocenters. The van der Waals surface area contributed by atoms with Crippen LogP contribution in [0.4, 0.5) is 0 Å². The second kappa shape index (κ2) is 8.69. The molecule has 0 aliphatic carbocycles. The van der Waals surface area contributed by atoms with Gasteiger partial charge in [-0.05, 0) is 29.7 Å². The number of hydrogen-bond acceptors (Lipinski definition) is 7. The molecule has 2 unspecified atom stereocenters. The Morgan fingerprint density at radius 1 is 1.23 bits per heavy atom. The van der Waals surface area contributed by atoms with E-state index in [1.807, 2.05) is 22.9 Å². The molecule has 3 aromatic rings. The standard InChI is InChI=1S/C21H23N3O4S2/c1-13-6-14(2)8-23(7-13)17(25)10-28-18(26)9-24-12-22-20-19(21(24)27)15(11-30-20)16-4-3-5-29-16/h3-5,11-14H,6-10H2,1-2H3. The van der Waals surface area contributed by atoms with E-state index in [2.05, 4.69) is 18.8 Å². The Balaban J connectivity index is 1.43. The molecule has 0 radical (unpaired) electrons. The summed E-state index contributed by atoms with van der Waals surface area (Å²) in [5.41, 5.74) is 0.542. The summed E-state index contributed by atoms with van der Waals surface area (Å²) in [6.07, 6.45) is 2.45. The van der Waals surface area contributed by atoms with Crippen LogP contribution in [0.25, 0.3) is 20.7 Å². The fourth-order valence-corrected chi connectivity index (χ4v) is 5.70. The van der Waals surface area contributed by atoms with Gasteiger partial charge in [0.05, 0.1) is 11.7 Å². The molecule has 3 aromatic heterocycles. The van der Waals surface area contributed by atoms with Crippen molar-refractivity contribution in [3.8, 4) is 10.4 Å². The van der Waals surface area contributed by atoms with Crippen molar-refractivity contribution in [3.63, 3.8) is 0 Å². The Hall–Kier alpha value is -2.52. The highest BCUT2D eigenvalue weighted by molar-refractivity contribution is 7.18. The largest absolute Gasteiger partial charge is 0.454 e. The van der Waals surface area contributed by atoms with Crippen LogP contribution in [0.1, 0.15) is 20.3 Å². The third kappa shape index (κ3) is 4.32. The van der Waals surface area contributed by atoms with Crippen molar-refractivity contribution in [3.05, 3.63) is 39.6 Å². The number of esters is 1. The van der Waals surface area contributed by atoms with Crippen LogP contribution in [0.3, 0.4) is 0 Å². The van der Waals surface area contributed by atoms with Gasteiger partial charge in [0.15, 0.2) is 6.61 Å². The van der Waals surface area contributed by atoms with Crippen LogP contribution in [0, 0.1) is 11.8 Å². The van der Waals surface area contributed by atoms with Crippen molar-refractivity contribution in [2.24, 2.45) is 11.8 Å². The lowest BCUT2D eigenvalue weighted by atomic mass is 9.92. The Morgan fingerprint density at radius 3 is 2.70 bits per heavy atom. The number of nitrogens with zero attached hydrogens (tertiary/aromatic N) is 3. The summed E-state index contributed by atoms with van der Waals surface area (Å²) in [4.78, 5) is 45.3. The summed E-state index contributed by atoms with van der Waals surface area (Å²) in [5.74, 6) is 0.0546. The molecule has 1 saturated heterocycles. The van der Waals surface area contributed by atoms with Gasteiger partial charge in [-0.1, -0.05) is 19.9 Å². The molecule has 0 bridgehead atoms. The fraction of sp³-hybridized carbons (Fsp3) is 0.429. The monoisotopic (exact) mass is 445 g/mol. The van der Waals surface area contributed by atoms with Gasteiger partial charge in [-0.15, -0.1) is 22.7 Å². The topological polar surface area (TPSA) is 81.5 Å². The molecule has 4 heterocycles. The number of carbonyl (C=O) groups excluding carboxylic acids is 2. The molecule has 0 N–H and O–H groups in total. The van der Waals surface area contributed by atoms with E-state index in [0.29, 0.717) is 35.1 Å². The molecule has 1 fully saturated rings. The second-order valence-electron chi connectivity index (χ2n) is 7.89. The minimum atomic E-state index is -0.627. The van der Waals surface area contributed by atoms with Crippen molar-refractivity contribution in [2.45, 2.75) is 26.8 Å². The summed E-state index contributed by atoms with van der Waals surface area (Å²) < 4.78 is 6.41. The number of ether oxygens (including phenoxy) is 1. The molecule has 0 saturated carbocycles. The Morgan fingerprint density at radius 2 is 2.00 bits per heavy atom. The maximum Gasteiger partial charge on any atom is 0.326 e. The first-order valence-electron chi connectivity index (χ1n) is 9.86. The van der Waals surface area contributed by atoms with E-state index in [-0.39, 0.29) is 24.6 Å². The highest BCUT2D eigenvalue weighted by Crippen LogP contribution is 2.33. The number of likely N-dealkylation sites (tertiary alicyclic amines) is 1. The molecule has 30 heavy (non-hydrogen) atoms. The van der Waals surface area contributed by atoms with Crippen LogP contribution < -0.4 is 5.56 Å². The lowest BCUT2D eigenvalue weighted by Crippen LogP contribution is -2.44. The lowest BCUT2D eigenvalue weighted by Gasteiger charge is -2.34.